The quantitative estimate of drug-likeness (QED) is 0.145. The maximum Gasteiger partial charge on any atom is 0.418 e. The number of nitrogens with zero attached hydrogens (tertiary/aromatic N) is 3. The van der Waals surface area contributed by atoms with Gasteiger partial charge in [0.25, 0.3) is 0 Å². The van der Waals surface area contributed by atoms with Crippen LogP contribution in [0.4, 0.5) is 13.2 Å². The minimum absolute atomic E-state index is 0.0253. The summed E-state index contributed by atoms with van der Waals surface area (Å²) in [5.41, 5.74) is 0.931. The van der Waals surface area contributed by atoms with Gasteiger partial charge in [0.05, 0.1) is 24.2 Å². The van der Waals surface area contributed by atoms with Gasteiger partial charge in [-0.25, -0.2) is 4.98 Å². The number of rotatable bonds is 14. The third-order valence-electron chi connectivity index (χ3n) is 7.40. The highest BCUT2D eigenvalue weighted by Crippen LogP contribution is 2.41. The van der Waals surface area contributed by atoms with Crippen molar-refractivity contribution in [2.75, 3.05) is 39.5 Å². The molecule has 230 valence electrons. The number of carbonyl (C=O) groups excluding carboxylic acids is 1. The Morgan fingerprint density at radius 1 is 1.10 bits per heavy atom. The molecule has 1 saturated heterocycles. The zero-order chi connectivity index (χ0) is 30.3. The van der Waals surface area contributed by atoms with E-state index in [0.717, 1.165) is 69.1 Å². The van der Waals surface area contributed by atoms with Gasteiger partial charge in [0.15, 0.2) is 0 Å². The van der Waals surface area contributed by atoms with E-state index in [1.54, 1.807) is 12.1 Å². The molecule has 0 saturated carbocycles. The molecular formula is C31H42F3N3O4Si. The number of fused-ring (bicyclic) bond motifs is 1. The van der Waals surface area contributed by atoms with Crippen LogP contribution < -0.4 is 4.74 Å². The first-order valence-corrected chi connectivity index (χ1v) is 18.3. The van der Waals surface area contributed by atoms with Gasteiger partial charge in [-0.3, -0.25) is 9.69 Å². The summed E-state index contributed by atoms with van der Waals surface area (Å²) in [7, 11) is -1.33. The maximum absolute atomic E-state index is 14.1. The van der Waals surface area contributed by atoms with Crippen molar-refractivity contribution in [3.8, 4) is 11.5 Å². The Bertz CT molecular complexity index is 1350. The van der Waals surface area contributed by atoms with Crippen LogP contribution in [0.3, 0.4) is 0 Å². The van der Waals surface area contributed by atoms with Crippen LogP contribution >= 0.6 is 0 Å². The summed E-state index contributed by atoms with van der Waals surface area (Å²) < 4.78 is 60.8. The van der Waals surface area contributed by atoms with Crippen LogP contribution in [0.5, 0.6) is 11.5 Å². The highest BCUT2D eigenvalue weighted by molar-refractivity contribution is 6.76. The van der Waals surface area contributed by atoms with Crippen LogP contribution in [-0.2, 0) is 33.6 Å². The second kappa shape index (κ2) is 14.2. The van der Waals surface area contributed by atoms with Crippen LogP contribution in [0.15, 0.2) is 36.7 Å². The van der Waals surface area contributed by atoms with Gasteiger partial charge in [0, 0.05) is 53.0 Å². The number of ketones is 1. The lowest BCUT2D eigenvalue weighted by Gasteiger charge is -2.26. The van der Waals surface area contributed by atoms with Crippen LogP contribution in [0.25, 0.3) is 11.0 Å². The smallest absolute Gasteiger partial charge is 0.418 e. The van der Waals surface area contributed by atoms with Gasteiger partial charge < -0.3 is 18.8 Å². The van der Waals surface area contributed by atoms with E-state index in [4.69, 9.17) is 14.2 Å². The molecule has 0 atom stereocenters. The molecule has 0 bridgehead atoms. The number of morpholine rings is 1. The van der Waals surface area contributed by atoms with Gasteiger partial charge in [-0.1, -0.05) is 31.8 Å². The lowest BCUT2D eigenvalue weighted by atomic mass is 10.0. The fourth-order valence-electron chi connectivity index (χ4n) is 4.98. The van der Waals surface area contributed by atoms with Crippen LogP contribution in [0, 0.1) is 6.92 Å². The van der Waals surface area contributed by atoms with Gasteiger partial charge in [0.2, 0.25) is 0 Å². The molecule has 1 fully saturated rings. The molecule has 11 heteroatoms. The summed E-state index contributed by atoms with van der Waals surface area (Å²) in [5.74, 6) is 0.668. The number of pyridine rings is 1. The number of ether oxygens (including phenoxy) is 3. The molecule has 7 nitrogen and oxygen atoms in total. The fourth-order valence-corrected chi connectivity index (χ4v) is 5.74. The average molecular weight is 606 g/mol. The molecular weight excluding hydrogens is 563 g/mol. The topological polar surface area (TPSA) is 65.8 Å². The van der Waals surface area contributed by atoms with Gasteiger partial charge in [-0.05, 0) is 55.6 Å². The standard InChI is InChI=1S/C31H42F3N3O4Si/c1-23-19-24(20-25(38)7-5-6-12-36-13-15-39-16-14-36)8-9-27(23)41-28-10-11-35-30-29(28)26(31(32,33)34)21-37(30)22-40-17-18-42(2,3)4/h8-11,19,21H,5-7,12-18,20,22H2,1-4H3. The molecule has 0 radical (unpaired) electrons. The second-order valence-electron chi connectivity index (χ2n) is 12.2. The van der Waals surface area contributed by atoms with Crippen molar-refractivity contribution >= 4 is 24.9 Å². The summed E-state index contributed by atoms with van der Waals surface area (Å²) in [6.07, 6.45) is 0.555. The van der Waals surface area contributed by atoms with Crippen LogP contribution in [-0.4, -0.2) is 67.8 Å². The first kappa shape index (κ1) is 32.2. The Kier molecular flexibility index (Phi) is 10.9. The van der Waals surface area contributed by atoms with Gasteiger partial charge in [-0.2, -0.15) is 13.2 Å². The normalized spacial score (nSPS) is 14.9. The first-order valence-electron chi connectivity index (χ1n) is 14.6. The molecule has 1 aliphatic heterocycles. The number of aryl methyl sites for hydroxylation is 1. The molecule has 3 heterocycles. The number of carbonyl (C=O) groups is 1. The predicted molar refractivity (Wildman–Crippen MR) is 160 cm³/mol. The summed E-state index contributed by atoms with van der Waals surface area (Å²) in [6.45, 7) is 13.4. The van der Waals surface area contributed by atoms with Gasteiger partial charge in [-0.15, -0.1) is 0 Å². The zero-order valence-corrected chi connectivity index (χ0v) is 26.1. The minimum atomic E-state index is -4.59. The number of Topliss-reactive ketones (excluding diaryl/α,β-unsaturated/α-hetero) is 1. The van der Waals surface area contributed by atoms with E-state index in [2.05, 4.69) is 29.5 Å². The van der Waals surface area contributed by atoms with Crippen LogP contribution in [0.2, 0.25) is 25.7 Å². The Morgan fingerprint density at radius 3 is 2.55 bits per heavy atom. The van der Waals surface area contributed by atoms with E-state index in [1.165, 1.54) is 16.8 Å². The first-order chi connectivity index (χ1) is 19.9. The Labute approximate surface area is 247 Å². The average Bonchev–Trinajstić information content (AvgIpc) is 3.31. The second-order valence-corrected chi connectivity index (χ2v) is 17.8. The van der Waals surface area contributed by atoms with Gasteiger partial charge in [0.1, 0.15) is 29.7 Å². The summed E-state index contributed by atoms with van der Waals surface area (Å²) in [4.78, 5) is 19.2. The molecule has 0 spiro atoms. The number of hydrogen-bond donors (Lipinski definition) is 0. The van der Waals surface area contributed by atoms with E-state index in [0.29, 0.717) is 25.2 Å². The van der Waals surface area contributed by atoms with Crippen LogP contribution in [0.1, 0.15) is 36.0 Å². The molecule has 3 aromatic rings. The molecule has 4 rings (SSSR count). The highest BCUT2D eigenvalue weighted by atomic mass is 28.3. The van der Waals surface area contributed by atoms with Gasteiger partial charge >= 0.3 is 6.18 Å². The van der Waals surface area contributed by atoms with Crippen molar-refractivity contribution in [1.82, 2.24) is 14.5 Å². The number of alkyl halides is 3. The fraction of sp³-hybridized carbons (Fsp3) is 0.548. The lowest BCUT2D eigenvalue weighted by molar-refractivity contribution is -0.136. The molecule has 0 unspecified atom stereocenters. The number of unbranched alkanes of at least 4 members (excludes halogenated alkanes) is 1. The lowest BCUT2D eigenvalue weighted by Crippen LogP contribution is -2.36. The van der Waals surface area contributed by atoms with Crippen molar-refractivity contribution < 1.29 is 32.2 Å². The summed E-state index contributed by atoms with van der Waals surface area (Å²) in [6, 6.07) is 7.74. The highest BCUT2D eigenvalue weighted by Gasteiger charge is 2.36. The van der Waals surface area contributed by atoms with Crippen molar-refractivity contribution in [1.29, 1.82) is 0 Å². The Hall–Kier alpha value is -2.73. The Balaban J connectivity index is 1.41. The third kappa shape index (κ3) is 9.13. The Morgan fingerprint density at radius 2 is 1.86 bits per heavy atom. The largest absolute Gasteiger partial charge is 0.456 e. The van der Waals surface area contributed by atoms with E-state index >= 15 is 0 Å². The molecule has 0 aliphatic carbocycles. The van der Waals surface area contributed by atoms with E-state index in [1.807, 2.05) is 13.0 Å². The molecule has 0 N–H and O–H groups in total. The number of hydrogen-bond acceptors (Lipinski definition) is 6. The summed E-state index contributed by atoms with van der Waals surface area (Å²) in [5, 5.41) is -0.102. The van der Waals surface area contributed by atoms with E-state index in [9.17, 15) is 18.0 Å². The SMILES string of the molecule is Cc1cc(CC(=O)CCCCN2CCOCC2)ccc1Oc1ccnc2c1c(C(F)(F)F)cn2COCC[Si](C)(C)C. The third-order valence-corrected chi connectivity index (χ3v) is 9.10. The summed E-state index contributed by atoms with van der Waals surface area (Å²) >= 11 is 0. The maximum atomic E-state index is 14.1. The van der Waals surface area contributed by atoms with E-state index in [-0.39, 0.29) is 29.3 Å². The molecule has 0 amide bonds. The molecule has 1 aliphatic rings. The number of aromatic nitrogens is 2. The zero-order valence-electron chi connectivity index (χ0n) is 25.1. The molecule has 42 heavy (non-hydrogen) atoms. The van der Waals surface area contributed by atoms with Crippen molar-refractivity contribution in [3.63, 3.8) is 0 Å². The van der Waals surface area contributed by atoms with E-state index < -0.39 is 19.8 Å². The molecule has 2 aromatic heterocycles. The number of halogens is 3. The number of benzene rings is 1. The van der Waals surface area contributed by atoms with Crippen molar-refractivity contribution in [3.05, 3.63) is 53.3 Å². The predicted octanol–water partition coefficient (Wildman–Crippen LogP) is 7.08. The molecule has 1 aromatic carbocycles. The van der Waals surface area contributed by atoms with Crippen molar-refractivity contribution in [2.24, 2.45) is 0 Å². The minimum Gasteiger partial charge on any atom is -0.456 e. The monoisotopic (exact) mass is 605 g/mol. The van der Waals surface area contributed by atoms with Crippen molar-refractivity contribution in [2.45, 2.75) is 71.2 Å².